The van der Waals surface area contributed by atoms with Gasteiger partial charge in [-0.15, -0.1) is 0 Å². The molecule has 0 bridgehead atoms. The quantitative estimate of drug-likeness (QED) is 0.513. The van der Waals surface area contributed by atoms with Crippen LogP contribution in [0.4, 0.5) is 0 Å². The molecule has 0 amide bonds. The van der Waals surface area contributed by atoms with E-state index in [9.17, 15) is 4.79 Å². The fourth-order valence-electron chi connectivity index (χ4n) is 1.52. The second kappa shape index (κ2) is 7.82. The molecule has 2 aromatic rings. The number of nitrogens with zero attached hydrogens (tertiary/aromatic N) is 1. The number of ketones is 1. The van der Waals surface area contributed by atoms with Crippen LogP contribution in [0.15, 0.2) is 54.9 Å². The number of pyridine rings is 1. The molecule has 0 atom stereocenters. The number of carbonyl (C=O) groups is 1. The van der Waals surface area contributed by atoms with Gasteiger partial charge >= 0.3 is 28.9 Å². The van der Waals surface area contributed by atoms with E-state index in [1.165, 1.54) is 5.56 Å². The van der Waals surface area contributed by atoms with Gasteiger partial charge in [0.05, 0.1) is 0 Å². The molecule has 0 saturated carbocycles. The molecule has 6 nitrogen and oxygen atoms in total. The summed E-state index contributed by atoms with van der Waals surface area (Å²) in [5.41, 5.74) is 1.96. The van der Waals surface area contributed by atoms with Crippen LogP contribution in [-0.2, 0) is 6.54 Å². The van der Waals surface area contributed by atoms with E-state index in [0.717, 1.165) is 5.56 Å². The number of hydrogen-bond acceptors (Lipinski definition) is 5. The fourth-order valence-corrected chi connectivity index (χ4v) is 1.52. The van der Waals surface area contributed by atoms with Gasteiger partial charge in [-0.2, -0.15) is 4.57 Å². The number of halogens is 1. The number of benzene rings is 1. The molecule has 0 spiro atoms. The van der Waals surface area contributed by atoms with Crippen LogP contribution in [0, 0.1) is 17.2 Å². The molecule has 1 aromatic carbocycles. The van der Waals surface area contributed by atoms with Gasteiger partial charge in [0, 0.05) is 17.7 Å². The number of aromatic nitrogens is 1. The Balaban J connectivity index is 0.000000383. The van der Waals surface area contributed by atoms with Gasteiger partial charge in [-0.05, 0) is 12.5 Å². The minimum absolute atomic E-state index is 0.134. The molecular formula is C14H17ClNO5+. The van der Waals surface area contributed by atoms with Crippen molar-refractivity contribution in [3.63, 3.8) is 0 Å². The average Bonchev–Trinajstić information content (AvgIpc) is 2.40. The molecule has 7 heteroatoms. The van der Waals surface area contributed by atoms with Gasteiger partial charge in [-0.3, -0.25) is 4.79 Å². The predicted molar refractivity (Wildman–Crippen MR) is 68.8 cm³/mol. The van der Waals surface area contributed by atoms with E-state index in [1.54, 1.807) is 0 Å². The maximum atomic E-state index is 11.9. The molecule has 0 saturated heterocycles. The van der Waals surface area contributed by atoms with E-state index >= 15 is 0 Å². The molecule has 0 aliphatic rings. The van der Waals surface area contributed by atoms with Gasteiger partial charge in [0.15, 0.2) is 12.4 Å². The Morgan fingerprint density at radius 1 is 1.10 bits per heavy atom. The van der Waals surface area contributed by atoms with Crippen molar-refractivity contribution in [1.29, 1.82) is 0 Å². The van der Waals surface area contributed by atoms with Crippen LogP contribution in [-0.4, -0.2) is 19.8 Å². The van der Waals surface area contributed by atoms with Crippen LogP contribution < -0.4 is 9.23 Å². The third-order valence-corrected chi connectivity index (χ3v) is 2.48. The topological polar surface area (TPSA) is 105 Å². The van der Waals surface area contributed by atoms with Crippen molar-refractivity contribution in [2.45, 2.75) is 13.5 Å². The summed E-state index contributed by atoms with van der Waals surface area (Å²) in [7, 11) is -4.19. The molecule has 2 rings (SSSR count). The Morgan fingerprint density at radius 3 is 2.05 bits per heavy atom. The second-order valence-corrected chi connectivity index (χ2v) is 5.14. The van der Waals surface area contributed by atoms with Crippen molar-refractivity contribution in [1.82, 2.24) is 0 Å². The summed E-state index contributed by atoms with van der Waals surface area (Å²) in [6.07, 6.45) is 3.85. The van der Waals surface area contributed by atoms with Crippen LogP contribution in [0.5, 0.6) is 0 Å². The van der Waals surface area contributed by atoms with Crippen LogP contribution in [0.1, 0.15) is 15.9 Å². The Labute approximate surface area is 124 Å². The Bertz CT molecular complexity index is 560. The Kier molecular flexibility index (Phi) is 6.41. The van der Waals surface area contributed by atoms with E-state index in [1.807, 2.05) is 66.3 Å². The summed E-state index contributed by atoms with van der Waals surface area (Å²) in [5.74, 6) is 0.134. The summed E-state index contributed by atoms with van der Waals surface area (Å²) < 4.78 is 32.1. The van der Waals surface area contributed by atoms with Crippen molar-refractivity contribution >= 4 is 5.78 Å². The van der Waals surface area contributed by atoms with E-state index in [2.05, 4.69) is 0 Å². The first-order valence-electron chi connectivity index (χ1n) is 5.96. The van der Waals surface area contributed by atoms with Gasteiger partial charge < -0.3 is 0 Å². The van der Waals surface area contributed by atoms with E-state index in [0.29, 0.717) is 6.54 Å². The fraction of sp³-hybridized carbons (Fsp3) is 0.143. The first-order chi connectivity index (χ1) is 9.75. The van der Waals surface area contributed by atoms with Crippen LogP contribution in [0.3, 0.4) is 0 Å². The Morgan fingerprint density at radius 2 is 1.57 bits per heavy atom. The molecule has 1 heterocycles. The van der Waals surface area contributed by atoms with Gasteiger partial charge in [-0.25, -0.2) is 0 Å². The molecule has 0 unspecified atom stereocenters. The summed E-state index contributed by atoms with van der Waals surface area (Å²) >= 11 is 0. The maximum absolute atomic E-state index is 11.9. The molecule has 21 heavy (non-hydrogen) atoms. The number of hydrogen-bond donors (Lipinski definition) is 3. The third kappa shape index (κ3) is 8.13. The van der Waals surface area contributed by atoms with E-state index < -0.39 is 10.2 Å². The normalized spacial score (nSPS) is 11.3. The first kappa shape index (κ1) is 17.2. The standard InChI is InChI=1S/C14H14NO.ClH3O4/c1-12-7-9-15(10-8-12)11-14(16)13-5-3-2-4-6-13;2-1(3,4)5/h2-10H,11H2,1H3;2-4H/q+1;. The predicted octanol–water partition coefficient (Wildman–Crippen LogP) is -0.695. The van der Waals surface area contributed by atoms with Crippen molar-refractivity contribution in [3.05, 3.63) is 66.0 Å². The molecule has 0 radical (unpaired) electrons. The minimum atomic E-state index is -4.19. The van der Waals surface area contributed by atoms with E-state index in [4.69, 9.17) is 18.6 Å². The number of rotatable bonds is 3. The monoisotopic (exact) mass is 314 g/mol. The Hall–Kier alpha value is -1.83. The zero-order valence-electron chi connectivity index (χ0n) is 11.4. The van der Waals surface area contributed by atoms with Crippen molar-refractivity contribution in [3.8, 4) is 0 Å². The van der Waals surface area contributed by atoms with Gasteiger partial charge in [0.2, 0.25) is 12.3 Å². The molecule has 0 aliphatic heterocycles. The zero-order chi connectivity index (χ0) is 15.9. The van der Waals surface area contributed by atoms with Gasteiger partial charge in [0.1, 0.15) is 0 Å². The first-order valence-corrected chi connectivity index (χ1v) is 7.28. The van der Waals surface area contributed by atoms with Gasteiger partial charge in [0.25, 0.3) is 0 Å². The average molecular weight is 315 g/mol. The molecule has 0 aliphatic carbocycles. The zero-order valence-corrected chi connectivity index (χ0v) is 12.1. The molecule has 3 N–H and O–H groups in total. The third-order valence-electron chi connectivity index (χ3n) is 2.48. The van der Waals surface area contributed by atoms with Crippen molar-refractivity contribution < 1.29 is 38.2 Å². The number of Topliss-reactive ketones (excluding diaryl/α,β-unsaturated/α-hetero) is 1. The van der Waals surface area contributed by atoms with E-state index in [-0.39, 0.29) is 5.78 Å². The SMILES string of the molecule is Cc1cc[n+](CC(=O)c2ccccc2)cc1.[O-][Cl+](O)(O)O. The molecule has 0 fully saturated rings. The van der Waals surface area contributed by atoms with Crippen molar-refractivity contribution in [2.75, 3.05) is 0 Å². The number of carbonyl (C=O) groups excluding carboxylic acids is 1. The molecule has 1 aromatic heterocycles. The molecular weight excluding hydrogens is 298 g/mol. The van der Waals surface area contributed by atoms with Crippen LogP contribution >= 0.6 is 0 Å². The summed E-state index contributed by atoms with van der Waals surface area (Å²) in [4.78, 5) is 11.9. The second-order valence-electron chi connectivity index (χ2n) is 4.27. The summed E-state index contributed by atoms with van der Waals surface area (Å²) in [5, 5.41) is 0. The van der Waals surface area contributed by atoms with Crippen LogP contribution in [0.25, 0.3) is 0 Å². The summed E-state index contributed by atoms with van der Waals surface area (Å²) in [6.45, 7) is 2.42. The van der Waals surface area contributed by atoms with Crippen molar-refractivity contribution in [2.24, 2.45) is 0 Å². The molecule has 114 valence electrons. The van der Waals surface area contributed by atoms with Gasteiger partial charge in [-0.1, -0.05) is 30.3 Å². The number of aryl methyl sites for hydroxylation is 1. The van der Waals surface area contributed by atoms with Crippen LogP contribution in [0.2, 0.25) is 0 Å². The summed E-state index contributed by atoms with van der Waals surface area (Å²) in [6, 6.07) is 13.4.